The van der Waals surface area contributed by atoms with Crippen LogP contribution in [0.5, 0.6) is 5.75 Å². The number of fused-ring (bicyclic) bond motifs is 4. The number of amides is 3. The van der Waals surface area contributed by atoms with E-state index in [1.165, 1.54) is 18.2 Å². The van der Waals surface area contributed by atoms with Crippen molar-refractivity contribution in [3.05, 3.63) is 94.5 Å². The first-order valence-corrected chi connectivity index (χ1v) is 10.3. The van der Waals surface area contributed by atoms with Gasteiger partial charge in [-0.2, -0.15) is 0 Å². The molecule has 0 spiro atoms. The van der Waals surface area contributed by atoms with Crippen LogP contribution in [0.3, 0.4) is 0 Å². The van der Waals surface area contributed by atoms with Crippen LogP contribution in [0.1, 0.15) is 35.3 Å². The molecule has 5 rings (SSSR count). The predicted molar refractivity (Wildman–Crippen MR) is 115 cm³/mol. The number of carbonyl (C=O) groups is 2. The van der Waals surface area contributed by atoms with Gasteiger partial charge in [0.1, 0.15) is 17.4 Å². The lowest BCUT2D eigenvalue weighted by atomic mass is 9.88. The lowest BCUT2D eigenvalue weighted by Crippen LogP contribution is -2.67. The first-order valence-electron chi connectivity index (χ1n) is 9.95. The van der Waals surface area contributed by atoms with Gasteiger partial charge in [-0.15, -0.1) is 0 Å². The Bertz CT molecular complexity index is 1250. The van der Waals surface area contributed by atoms with E-state index in [1.807, 2.05) is 0 Å². The third-order valence-corrected chi connectivity index (χ3v) is 6.07. The molecule has 0 N–H and O–H groups in total. The minimum absolute atomic E-state index is 0.175. The summed E-state index contributed by atoms with van der Waals surface area (Å²) in [4.78, 5) is 29.4. The molecular formula is C24H17ClF2N2O3. The normalized spacial score (nSPS) is 21.8. The minimum atomic E-state index is -1.29. The Labute approximate surface area is 187 Å². The Morgan fingerprint density at radius 1 is 1.09 bits per heavy atom. The largest absolute Gasteiger partial charge is 0.467 e. The number of para-hydroxylation sites is 1. The van der Waals surface area contributed by atoms with Crippen molar-refractivity contribution in [1.29, 1.82) is 0 Å². The summed E-state index contributed by atoms with van der Waals surface area (Å²) in [6.45, 7) is 1.65. The van der Waals surface area contributed by atoms with Crippen molar-refractivity contribution >= 4 is 29.2 Å². The average Bonchev–Trinajstić information content (AvgIpc) is 2.75. The highest BCUT2D eigenvalue weighted by atomic mass is 35.5. The monoisotopic (exact) mass is 454 g/mol. The zero-order valence-electron chi connectivity index (χ0n) is 16.9. The van der Waals surface area contributed by atoms with Gasteiger partial charge in [-0.05, 0) is 49.4 Å². The Morgan fingerprint density at radius 3 is 2.53 bits per heavy atom. The van der Waals surface area contributed by atoms with Gasteiger partial charge in [0.25, 0.3) is 5.91 Å². The number of hydrogen-bond donors (Lipinski definition) is 0. The number of benzene rings is 3. The molecular weight excluding hydrogens is 438 g/mol. The number of nitrogens with zero attached hydrogens (tertiary/aromatic N) is 2. The highest BCUT2D eigenvalue weighted by Gasteiger charge is 2.55. The van der Waals surface area contributed by atoms with Crippen molar-refractivity contribution in [2.24, 2.45) is 0 Å². The molecule has 2 atom stereocenters. The second kappa shape index (κ2) is 7.31. The van der Waals surface area contributed by atoms with Gasteiger partial charge in [-0.25, -0.2) is 13.6 Å². The third kappa shape index (κ3) is 3.12. The molecule has 0 radical (unpaired) electrons. The molecule has 2 aliphatic rings. The summed E-state index contributed by atoms with van der Waals surface area (Å²) in [6, 6.07) is 14.8. The molecule has 0 aliphatic carbocycles. The molecule has 3 amide bonds. The van der Waals surface area contributed by atoms with E-state index in [0.717, 1.165) is 15.9 Å². The molecule has 0 unspecified atom stereocenters. The number of carbonyl (C=O) groups excluding carboxylic acids is 2. The number of halogens is 3. The molecule has 2 heterocycles. The van der Waals surface area contributed by atoms with Gasteiger partial charge in [0.05, 0.1) is 11.7 Å². The lowest BCUT2D eigenvalue weighted by molar-refractivity contribution is 0.00225. The van der Waals surface area contributed by atoms with Gasteiger partial charge < -0.3 is 4.74 Å². The van der Waals surface area contributed by atoms with Gasteiger partial charge in [0, 0.05) is 28.6 Å². The van der Waals surface area contributed by atoms with Gasteiger partial charge in [-0.3, -0.25) is 14.6 Å². The Morgan fingerprint density at radius 2 is 1.81 bits per heavy atom. The molecule has 2 aliphatic heterocycles. The molecule has 3 aromatic carbocycles. The molecule has 5 nitrogen and oxygen atoms in total. The quantitative estimate of drug-likeness (QED) is 0.481. The topological polar surface area (TPSA) is 49.9 Å². The number of rotatable bonds is 2. The lowest BCUT2D eigenvalue weighted by Gasteiger charge is -2.53. The van der Waals surface area contributed by atoms with E-state index < -0.39 is 35.3 Å². The van der Waals surface area contributed by atoms with Crippen molar-refractivity contribution < 1.29 is 23.1 Å². The van der Waals surface area contributed by atoms with Crippen molar-refractivity contribution in [3.63, 3.8) is 0 Å². The van der Waals surface area contributed by atoms with Gasteiger partial charge in [0.15, 0.2) is 5.72 Å². The van der Waals surface area contributed by atoms with E-state index in [2.05, 4.69) is 0 Å². The fraction of sp³-hybridized carbons (Fsp3) is 0.167. The number of urea groups is 1. The van der Waals surface area contributed by atoms with Crippen LogP contribution in [0.2, 0.25) is 5.02 Å². The van der Waals surface area contributed by atoms with Crippen LogP contribution < -0.4 is 9.64 Å². The summed E-state index contributed by atoms with van der Waals surface area (Å²) in [5, 5.41) is 0.450. The summed E-state index contributed by atoms with van der Waals surface area (Å²) in [6.07, 6.45) is 0.200. The highest BCUT2D eigenvalue weighted by Crippen LogP contribution is 2.50. The summed E-state index contributed by atoms with van der Waals surface area (Å²) < 4.78 is 34.5. The van der Waals surface area contributed by atoms with Crippen LogP contribution in [0.15, 0.2) is 66.7 Å². The molecule has 2 bridgehead atoms. The van der Waals surface area contributed by atoms with Crippen molar-refractivity contribution in [3.8, 4) is 5.75 Å². The van der Waals surface area contributed by atoms with Crippen LogP contribution in [0, 0.1) is 11.6 Å². The second-order valence-electron chi connectivity index (χ2n) is 7.93. The molecule has 0 aromatic heterocycles. The van der Waals surface area contributed by atoms with E-state index in [9.17, 15) is 18.4 Å². The number of ether oxygens (including phenoxy) is 1. The Kier molecular flexibility index (Phi) is 4.67. The van der Waals surface area contributed by atoms with Crippen LogP contribution in [0.4, 0.5) is 19.3 Å². The molecule has 1 fully saturated rings. The first-order chi connectivity index (χ1) is 15.3. The van der Waals surface area contributed by atoms with Crippen LogP contribution in [-0.2, 0) is 0 Å². The molecule has 1 saturated heterocycles. The summed E-state index contributed by atoms with van der Waals surface area (Å²) in [7, 11) is 0. The van der Waals surface area contributed by atoms with Crippen molar-refractivity contribution in [1.82, 2.24) is 4.90 Å². The molecule has 8 heteroatoms. The Balaban J connectivity index is 1.68. The van der Waals surface area contributed by atoms with Crippen LogP contribution in [-0.4, -0.2) is 22.6 Å². The summed E-state index contributed by atoms with van der Waals surface area (Å²) >= 11 is 5.94. The van der Waals surface area contributed by atoms with E-state index >= 15 is 0 Å². The van der Waals surface area contributed by atoms with E-state index in [4.69, 9.17) is 16.3 Å². The maximum atomic E-state index is 14.8. The van der Waals surface area contributed by atoms with E-state index in [0.29, 0.717) is 22.4 Å². The standard InChI is InChI=1S/C24H17ClF2N2O3/c1-24-13-20(17-4-2-3-5-21(17)32-24)28(22(30)14-6-8-15(25)9-7-14)23(31)29(24)19-11-10-16(26)12-18(19)27/h2-12,20H,13H2,1H3/t20-,24-/m0/s1. The van der Waals surface area contributed by atoms with E-state index in [1.54, 1.807) is 43.3 Å². The second-order valence-corrected chi connectivity index (χ2v) is 8.37. The fourth-order valence-corrected chi connectivity index (χ4v) is 4.51. The van der Waals surface area contributed by atoms with Crippen LogP contribution >= 0.6 is 11.6 Å². The van der Waals surface area contributed by atoms with Crippen LogP contribution in [0.25, 0.3) is 0 Å². The highest BCUT2D eigenvalue weighted by molar-refractivity contribution is 6.30. The maximum absolute atomic E-state index is 14.8. The fourth-order valence-electron chi connectivity index (χ4n) is 4.39. The Hall–Kier alpha value is -3.45. The zero-order chi connectivity index (χ0) is 22.6. The number of imide groups is 1. The molecule has 0 saturated carbocycles. The molecule has 3 aromatic rings. The van der Waals surface area contributed by atoms with Gasteiger partial charge in [0.2, 0.25) is 0 Å². The van der Waals surface area contributed by atoms with E-state index in [-0.39, 0.29) is 17.7 Å². The predicted octanol–water partition coefficient (Wildman–Crippen LogP) is 5.94. The van der Waals surface area contributed by atoms with Gasteiger partial charge in [-0.1, -0.05) is 29.8 Å². The van der Waals surface area contributed by atoms with Gasteiger partial charge >= 0.3 is 6.03 Å². The van der Waals surface area contributed by atoms with Crippen molar-refractivity contribution in [2.75, 3.05) is 4.90 Å². The maximum Gasteiger partial charge on any atom is 0.335 e. The third-order valence-electron chi connectivity index (χ3n) is 5.82. The minimum Gasteiger partial charge on any atom is -0.467 e. The molecule has 32 heavy (non-hydrogen) atoms. The smallest absolute Gasteiger partial charge is 0.335 e. The average molecular weight is 455 g/mol. The summed E-state index contributed by atoms with van der Waals surface area (Å²) in [5.41, 5.74) is -0.522. The zero-order valence-corrected chi connectivity index (χ0v) is 17.6. The SMILES string of the molecule is C[C@@]12C[C@@H](c3ccccc3O1)N(C(=O)c1ccc(Cl)cc1)C(=O)N2c1ccc(F)cc1F. The number of anilines is 1. The molecule has 162 valence electrons. The first kappa shape index (κ1) is 20.5. The van der Waals surface area contributed by atoms with Crippen molar-refractivity contribution in [2.45, 2.75) is 25.1 Å². The number of hydrogen-bond acceptors (Lipinski definition) is 3. The summed E-state index contributed by atoms with van der Waals surface area (Å²) in [5.74, 6) is -1.77.